The van der Waals surface area contributed by atoms with E-state index in [1.165, 1.54) is 9.54 Å². The molecule has 1 fully saturated rings. The van der Waals surface area contributed by atoms with Crippen LogP contribution < -0.4 is 10.7 Å². The van der Waals surface area contributed by atoms with Gasteiger partial charge in [0.25, 0.3) is 5.18 Å². The van der Waals surface area contributed by atoms with E-state index in [0.29, 0.717) is 21.3 Å². The molecule has 24 heavy (non-hydrogen) atoms. The quantitative estimate of drug-likeness (QED) is 0.468. The Bertz CT molecular complexity index is 804. The van der Waals surface area contributed by atoms with Crippen molar-refractivity contribution >= 4 is 58.2 Å². The van der Waals surface area contributed by atoms with Crippen molar-refractivity contribution in [3.05, 3.63) is 63.6 Å². The largest absolute Gasteiger partial charge is 0.366 e. The lowest BCUT2D eigenvalue weighted by Crippen LogP contribution is -2.43. The molecule has 3 rings (SSSR count). The highest BCUT2D eigenvalue weighted by Gasteiger charge is 2.49. The van der Waals surface area contributed by atoms with E-state index >= 15 is 0 Å². The Labute approximate surface area is 158 Å². The molecule has 1 atom stereocenters. The van der Waals surface area contributed by atoms with Crippen molar-refractivity contribution in [2.75, 3.05) is 11.7 Å². The molecule has 1 aliphatic heterocycles. The van der Waals surface area contributed by atoms with E-state index in [1.54, 1.807) is 42.5 Å². The number of ether oxygens (including phenoxy) is 1. The zero-order chi connectivity index (χ0) is 17.5. The molecule has 0 aromatic heterocycles. The number of carbonyl (C=O) groups excluding carboxylic acids is 1. The molecule has 0 radical (unpaired) electrons. The normalized spacial score (nSPS) is 21.2. The Balaban J connectivity index is 2.17. The van der Waals surface area contributed by atoms with E-state index < -0.39 is 11.1 Å². The third kappa shape index (κ3) is 2.92. The number of primary amides is 1. The number of hydrogen-bond acceptors (Lipinski definition) is 4. The number of halogens is 4. The van der Waals surface area contributed by atoms with Crippen molar-refractivity contribution in [2.24, 2.45) is 5.73 Å². The zero-order valence-electron chi connectivity index (χ0n) is 12.0. The fraction of sp³-hybridized carbons (Fsp3) is 0.133. The van der Waals surface area contributed by atoms with Crippen molar-refractivity contribution in [3.8, 4) is 0 Å². The molecular weight excluding hydrogens is 396 g/mol. The van der Waals surface area contributed by atoms with Gasteiger partial charge in [0.15, 0.2) is 0 Å². The molecule has 0 spiro atoms. The first-order valence-corrected chi connectivity index (χ1v) is 8.22. The first kappa shape index (κ1) is 17.6. The first-order valence-electron chi connectivity index (χ1n) is 6.75. The summed E-state index contributed by atoms with van der Waals surface area (Å²) in [6.07, 6.45) is 0. The van der Waals surface area contributed by atoms with Crippen LogP contribution in [0.2, 0.25) is 10.0 Å². The lowest BCUT2D eigenvalue weighted by atomic mass is 10.0. The van der Waals surface area contributed by atoms with E-state index in [4.69, 9.17) is 57.1 Å². The van der Waals surface area contributed by atoms with Crippen LogP contribution in [0.1, 0.15) is 15.9 Å². The number of anilines is 1. The van der Waals surface area contributed by atoms with Gasteiger partial charge in [-0.1, -0.05) is 53.0 Å². The minimum atomic E-state index is -1.59. The Kier molecular flexibility index (Phi) is 4.84. The van der Waals surface area contributed by atoms with Crippen LogP contribution in [0, 0.1) is 0 Å². The van der Waals surface area contributed by atoms with Crippen molar-refractivity contribution in [2.45, 2.75) is 5.18 Å². The SMILES string of the molecule is NC(=O)c1ccccc1C1(Cl)OCN(Cl)N1c1ccc(Cl)cc1Cl. The van der Waals surface area contributed by atoms with Crippen molar-refractivity contribution in [1.82, 2.24) is 4.53 Å². The summed E-state index contributed by atoms with van der Waals surface area (Å²) < 4.78 is 6.89. The van der Waals surface area contributed by atoms with Crippen molar-refractivity contribution in [1.29, 1.82) is 0 Å². The molecule has 1 aliphatic rings. The van der Waals surface area contributed by atoms with Gasteiger partial charge in [-0.15, -0.1) is 4.53 Å². The maximum Gasteiger partial charge on any atom is 0.263 e. The van der Waals surface area contributed by atoms with Gasteiger partial charge in [0.2, 0.25) is 5.91 Å². The Morgan fingerprint density at radius 2 is 1.92 bits per heavy atom. The highest BCUT2D eigenvalue weighted by Crippen LogP contribution is 2.47. The molecule has 1 amide bonds. The summed E-state index contributed by atoms with van der Waals surface area (Å²) >= 11 is 25.2. The fourth-order valence-corrected chi connectivity index (χ4v) is 3.64. The Morgan fingerprint density at radius 1 is 1.21 bits per heavy atom. The van der Waals surface area contributed by atoms with Crippen LogP contribution >= 0.6 is 46.6 Å². The van der Waals surface area contributed by atoms with Crippen LogP contribution in [0.15, 0.2) is 42.5 Å². The molecule has 1 saturated heterocycles. The Morgan fingerprint density at radius 3 is 2.58 bits per heavy atom. The summed E-state index contributed by atoms with van der Waals surface area (Å²) in [7, 11) is 0. The van der Waals surface area contributed by atoms with Gasteiger partial charge in [0.1, 0.15) is 6.73 Å². The van der Waals surface area contributed by atoms with Crippen LogP contribution in [0.3, 0.4) is 0 Å². The van der Waals surface area contributed by atoms with Gasteiger partial charge in [-0.05, 0) is 24.3 Å². The molecule has 5 nitrogen and oxygen atoms in total. The third-order valence-corrected chi connectivity index (χ3v) is 4.77. The van der Waals surface area contributed by atoms with Crippen LogP contribution in [0.4, 0.5) is 5.69 Å². The van der Waals surface area contributed by atoms with E-state index in [-0.39, 0.29) is 12.3 Å². The first-order chi connectivity index (χ1) is 11.3. The molecule has 9 heteroatoms. The van der Waals surface area contributed by atoms with Gasteiger partial charge in [0.05, 0.1) is 10.7 Å². The number of nitrogens with zero attached hydrogens (tertiary/aromatic N) is 2. The molecule has 2 aromatic rings. The zero-order valence-corrected chi connectivity index (χ0v) is 15.1. The average Bonchev–Trinajstić information content (AvgIpc) is 2.84. The van der Waals surface area contributed by atoms with Crippen LogP contribution in [-0.4, -0.2) is 17.2 Å². The lowest BCUT2D eigenvalue weighted by Gasteiger charge is -2.35. The monoisotopic (exact) mass is 405 g/mol. The number of amides is 1. The van der Waals surface area contributed by atoms with E-state index in [0.717, 1.165) is 0 Å². The third-order valence-electron chi connectivity index (χ3n) is 3.51. The second kappa shape index (κ2) is 6.59. The number of carbonyl (C=O) groups is 1. The number of hydrogen-bond donors (Lipinski definition) is 1. The molecule has 0 aliphatic carbocycles. The second-order valence-electron chi connectivity index (χ2n) is 4.99. The molecule has 126 valence electrons. The van der Waals surface area contributed by atoms with Gasteiger partial charge in [0, 0.05) is 27.9 Å². The smallest absolute Gasteiger partial charge is 0.263 e. The number of hydrazine groups is 1. The maximum absolute atomic E-state index is 11.8. The van der Waals surface area contributed by atoms with Gasteiger partial charge in [-0.2, -0.15) is 0 Å². The predicted molar refractivity (Wildman–Crippen MR) is 95.1 cm³/mol. The van der Waals surface area contributed by atoms with E-state index in [1.807, 2.05) is 0 Å². The van der Waals surface area contributed by atoms with Crippen molar-refractivity contribution in [3.63, 3.8) is 0 Å². The molecule has 1 heterocycles. The highest BCUT2D eigenvalue weighted by molar-refractivity contribution is 6.37. The number of nitrogens with two attached hydrogens (primary N) is 1. The van der Waals surface area contributed by atoms with Crippen molar-refractivity contribution < 1.29 is 9.53 Å². The Hall–Kier alpha value is -1.21. The van der Waals surface area contributed by atoms with Gasteiger partial charge >= 0.3 is 0 Å². The summed E-state index contributed by atoms with van der Waals surface area (Å²) in [5, 5.41) is 0.615. The van der Waals surface area contributed by atoms with Crippen LogP contribution in [0.25, 0.3) is 0 Å². The number of rotatable bonds is 3. The summed E-state index contributed by atoms with van der Waals surface area (Å²) in [5.74, 6) is -0.635. The number of benzene rings is 2. The van der Waals surface area contributed by atoms with Gasteiger partial charge in [-0.25, -0.2) is 5.01 Å². The topological polar surface area (TPSA) is 58.8 Å². The van der Waals surface area contributed by atoms with E-state index in [9.17, 15) is 4.79 Å². The molecular formula is C15H11Cl4N3O2. The lowest BCUT2D eigenvalue weighted by molar-refractivity contribution is 0.0666. The number of alkyl halides is 1. The van der Waals surface area contributed by atoms with Crippen LogP contribution in [-0.2, 0) is 9.92 Å². The van der Waals surface area contributed by atoms with E-state index in [2.05, 4.69) is 0 Å². The summed E-state index contributed by atoms with van der Waals surface area (Å²) in [6.45, 7) is -0.0306. The van der Waals surface area contributed by atoms with Crippen LogP contribution in [0.5, 0.6) is 0 Å². The molecule has 1 unspecified atom stereocenters. The summed E-state index contributed by atoms with van der Waals surface area (Å²) in [5.41, 5.74) is 6.48. The minimum Gasteiger partial charge on any atom is -0.366 e. The molecule has 2 N–H and O–H groups in total. The summed E-state index contributed by atoms with van der Waals surface area (Å²) in [4.78, 5) is 11.8. The summed E-state index contributed by atoms with van der Waals surface area (Å²) in [6, 6.07) is 11.4. The molecule has 0 saturated carbocycles. The fourth-order valence-electron chi connectivity index (χ4n) is 2.48. The van der Waals surface area contributed by atoms with Gasteiger partial charge < -0.3 is 10.5 Å². The minimum absolute atomic E-state index is 0.0306. The molecule has 0 bridgehead atoms. The highest BCUT2D eigenvalue weighted by atomic mass is 35.5. The second-order valence-corrected chi connectivity index (χ2v) is 6.73. The molecule has 2 aromatic carbocycles. The standard InChI is InChI=1S/C15H11Cl4N3O2/c16-9-5-6-13(12(17)7-9)22-15(18,24-8-21(22)19)11-4-2-1-3-10(11)14(20)23/h1-7H,8H2,(H2,20,23). The van der Waals surface area contributed by atoms with Gasteiger partial charge in [-0.3, -0.25) is 4.79 Å². The predicted octanol–water partition coefficient (Wildman–Crippen LogP) is 4.31. The maximum atomic E-state index is 11.8. The average molecular weight is 407 g/mol.